The van der Waals surface area contributed by atoms with E-state index in [0.717, 1.165) is 41.6 Å². The van der Waals surface area contributed by atoms with E-state index in [4.69, 9.17) is 24.5 Å². The Bertz CT molecular complexity index is 1270. The van der Waals surface area contributed by atoms with Crippen LogP contribution < -0.4 is 14.8 Å². The zero-order valence-corrected chi connectivity index (χ0v) is 20.1. The highest BCUT2D eigenvalue weighted by molar-refractivity contribution is 5.95. The Balaban J connectivity index is 1.49. The van der Waals surface area contributed by atoms with Crippen LogP contribution in [0.15, 0.2) is 42.5 Å². The molecule has 4 aromatic rings. The van der Waals surface area contributed by atoms with Crippen LogP contribution in [0.3, 0.4) is 0 Å². The summed E-state index contributed by atoms with van der Waals surface area (Å²) in [7, 11) is 3.26. The summed E-state index contributed by atoms with van der Waals surface area (Å²) in [6.07, 6.45) is 4.99. The van der Waals surface area contributed by atoms with Gasteiger partial charge in [0.15, 0.2) is 23.0 Å². The Hall–Kier alpha value is -3.39. The third kappa shape index (κ3) is 4.37. The number of nitrogens with zero attached hydrogens (tertiary/aromatic N) is 5. The predicted octanol–water partition coefficient (Wildman–Crippen LogP) is 4.64. The van der Waals surface area contributed by atoms with Gasteiger partial charge in [0.1, 0.15) is 0 Å². The molecule has 34 heavy (non-hydrogen) atoms. The van der Waals surface area contributed by atoms with E-state index in [1.54, 1.807) is 18.7 Å². The number of piperidine rings is 1. The molecule has 8 heteroatoms. The minimum absolute atomic E-state index is 0.638. The lowest BCUT2D eigenvalue weighted by Crippen LogP contribution is -2.38. The molecule has 0 radical (unpaired) electrons. The van der Waals surface area contributed by atoms with E-state index < -0.39 is 0 Å². The standard InChI is InChI=1S/C26H32N6O2/c1-18-10-7-8-14-31(18)15-9-13-27-26-28-21-17-23(34-3)22(33-2)16-20(21)25-29-24(30-32(25)26)19-11-5-4-6-12-19/h4-6,11-12,16-18H,7-10,13-15H2,1-3H3,(H,27,28). The molecule has 1 unspecified atom stereocenters. The van der Waals surface area contributed by atoms with Gasteiger partial charge < -0.3 is 19.7 Å². The number of aromatic nitrogens is 4. The number of rotatable bonds is 8. The monoisotopic (exact) mass is 460 g/mol. The summed E-state index contributed by atoms with van der Waals surface area (Å²) in [4.78, 5) is 12.4. The van der Waals surface area contributed by atoms with Crippen LogP contribution in [0, 0.1) is 0 Å². The maximum Gasteiger partial charge on any atom is 0.226 e. The zero-order valence-electron chi connectivity index (χ0n) is 20.1. The van der Waals surface area contributed by atoms with E-state index >= 15 is 0 Å². The molecule has 2 aromatic carbocycles. The van der Waals surface area contributed by atoms with Crippen LogP contribution in [-0.4, -0.2) is 64.4 Å². The third-order valence-corrected chi connectivity index (χ3v) is 6.65. The van der Waals surface area contributed by atoms with Crippen molar-refractivity contribution in [1.29, 1.82) is 0 Å². The highest BCUT2D eigenvalue weighted by Gasteiger charge is 2.19. The van der Waals surface area contributed by atoms with Crippen molar-refractivity contribution in [2.24, 2.45) is 0 Å². The number of methoxy groups -OCH3 is 2. The lowest BCUT2D eigenvalue weighted by Gasteiger charge is -2.33. The van der Waals surface area contributed by atoms with Gasteiger partial charge in [0.25, 0.3) is 0 Å². The number of fused-ring (bicyclic) bond motifs is 3. The van der Waals surface area contributed by atoms with Gasteiger partial charge in [0.2, 0.25) is 5.95 Å². The molecule has 0 aliphatic carbocycles. The minimum atomic E-state index is 0.638. The molecule has 5 rings (SSSR count). The Morgan fingerprint density at radius 1 is 1.03 bits per heavy atom. The second-order valence-electron chi connectivity index (χ2n) is 8.86. The number of likely N-dealkylation sites (tertiary alicyclic amines) is 1. The highest BCUT2D eigenvalue weighted by atomic mass is 16.5. The molecule has 2 aromatic heterocycles. The molecule has 3 heterocycles. The molecular formula is C26H32N6O2. The first-order valence-electron chi connectivity index (χ1n) is 12.0. The molecule has 1 atom stereocenters. The number of benzene rings is 2. The van der Waals surface area contributed by atoms with Gasteiger partial charge in [0.05, 0.1) is 19.7 Å². The van der Waals surface area contributed by atoms with Gasteiger partial charge in [-0.25, -0.2) is 9.97 Å². The fourth-order valence-corrected chi connectivity index (χ4v) is 4.73. The zero-order chi connectivity index (χ0) is 23.5. The second-order valence-corrected chi connectivity index (χ2v) is 8.86. The van der Waals surface area contributed by atoms with Crippen molar-refractivity contribution >= 4 is 22.5 Å². The molecule has 178 valence electrons. The summed E-state index contributed by atoms with van der Waals surface area (Å²) in [5, 5.41) is 9.19. The lowest BCUT2D eigenvalue weighted by atomic mass is 10.0. The second kappa shape index (κ2) is 9.85. The van der Waals surface area contributed by atoms with Crippen molar-refractivity contribution in [2.75, 3.05) is 39.2 Å². The van der Waals surface area contributed by atoms with Crippen LogP contribution in [0.5, 0.6) is 11.5 Å². The van der Waals surface area contributed by atoms with Crippen molar-refractivity contribution < 1.29 is 9.47 Å². The first kappa shape index (κ1) is 22.4. The average molecular weight is 461 g/mol. The van der Waals surface area contributed by atoms with Crippen molar-refractivity contribution in [3.63, 3.8) is 0 Å². The molecule has 8 nitrogen and oxygen atoms in total. The quantitative estimate of drug-likeness (QED) is 0.384. The highest BCUT2D eigenvalue weighted by Crippen LogP contribution is 2.34. The van der Waals surface area contributed by atoms with Gasteiger partial charge in [-0.15, -0.1) is 5.10 Å². The van der Waals surface area contributed by atoms with Crippen LogP contribution in [0.4, 0.5) is 5.95 Å². The molecule has 1 aliphatic rings. The van der Waals surface area contributed by atoms with E-state index in [1.165, 1.54) is 25.8 Å². The topological polar surface area (TPSA) is 76.8 Å². The van der Waals surface area contributed by atoms with Crippen LogP contribution in [0.1, 0.15) is 32.6 Å². The van der Waals surface area contributed by atoms with Gasteiger partial charge in [0, 0.05) is 36.1 Å². The van der Waals surface area contributed by atoms with E-state index in [9.17, 15) is 0 Å². The first-order chi connectivity index (χ1) is 16.7. The molecule has 1 fully saturated rings. The molecule has 1 N–H and O–H groups in total. The number of ether oxygens (including phenoxy) is 2. The van der Waals surface area contributed by atoms with Gasteiger partial charge in [-0.2, -0.15) is 4.52 Å². The molecule has 0 amide bonds. The number of anilines is 1. The Labute approximate surface area is 199 Å². The third-order valence-electron chi connectivity index (χ3n) is 6.65. The van der Waals surface area contributed by atoms with Gasteiger partial charge >= 0.3 is 0 Å². The van der Waals surface area contributed by atoms with E-state index in [2.05, 4.69) is 17.1 Å². The van der Waals surface area contributed by atoms with Crippen molar-refractivity contribution in [1.82, 2.24) is 24.5 Å². The Morgan fingerprint density at radius 2 is 1.82 bits per heavy atom. The fourth-order valence-electron chi connectivity index (χ4n) is 4.73. The Morgan fingerprint density at radius 3 is 2.59 bits per heavy atom. The number of nitrogens with one attached hydrogen (secondary N) is 1. The molecular weight excluding hydrogens is 428 g/mol. The van der Waals surface area contributed by atoms with Gasteiger partial charge in [-0.05, 0) is 38.8 Å². The molecule has 1 aliphatic heterocycles. The van der Waals surface area contributed by atoms with Crippen LogP contribution in [-0.2, 0) is 0 Å². The van der Waals surface area contributed by atoms with Crippen molar-refractivity contribution in [3.05, 3.63) is 42.5 Å². The smallest absolute Gasteiger partial charge is 0.226 e. The lowest BCUT2D eigenvalue weighted by molar-refractivity contribution is 0.160. The van der Waals surface area contributed by atoms with Gasteiger partial charge in [-0.1, -0.05) is 36.8 Å². The number of hydrogen-bond donors (Lipinski definition) is 1. The van der Waals surface area contributed by atoms with E-state index in [-0.39, 0.29) is 0 Å². The predicted molar refractivity (Wildman–Crippen MR) is 135 cm³/mol. The maximum atomic E-state index is 5.53. The summed E-state index contributed by atoms with van der Waals surface area (Å²) in [6.45, 7) is 5.43. The summed E-state index contributed by atoms with van der Waals surface area (Å²) in [5.74, 6) is 2.62. The normalized spacial score (nSPS) is 16.7. The van der Waals surface area contributed by atoms with E-state index in [0.29, 0.717) is 29.3 Å². The largest absolute Gasteiger partial charge is 0.493 e. The minimum Gasteiger partial charge on any atom is -0.493 e. The van der Waals surface area contributed by atoms with Crippen molar-refractivity contribution in [2.45, 2.75) is 38.6 Å². The molecule has 0 spiro atoms. The Kier molecular flexibility index (Phi) is 6.49. The van der Waals surface area contributed by atoms with Gasteiger partial charge in [-0.3, -0.25) is 0 Å². The maximum absolute atomic E-state index is 5.53. The molecule has 0 bridgehead atoms. The summed E-state index contributed by atoms with van der Waals surface area (Å²) >= 11 is 0. The van der Waals surface area contributed by atoms with Crippen LogP contribution >= 0.6 is 0 Å². The fraction of sp³-hybridized carbons (Fsp3) is 0.423. The molecule has 1 saturated heterocycles. The average Bonchev–Trinajstić information content (AvgIpc) is 3.33. The van der Waals surface area contributed by atoms with Crippen LogP contribution in [0.2, 0.25) is 0 Å². The summed E-state index contributed by atoms with van der Waals surface area (Å²) in [6, 6.07) is 14.5. The first-order valence-corrected chi connectivity index (χ1v) is 12.0. The summed E-state index contributed by atoms with van der Waals surface area (Å²) in [5.41, 5.74) is 2.48. The van der Waals surface area contributed by atoms with Crippen molar-refractivity contribution in [3.8, 4) is 22.9 Å². The van der Waals surface area contributed by atoms with E-state index in [1.807, 2.05) is 42.5 Å². The molecule has 0 saturated carbocycles. The number of hydrogen-bond acceptors (Lipinski definition) is 7. The SMILES string of the molecule is COc1cc2nc(NCCCN3CCCCC3C)n3nc(-c4ccccc4)nc3c2cc1OC. The summed E-state index contributed by atoms with van der Waals surface area (Å²) < 4.78 is 12.8. The van der Waals surface area contributed by atoms with Crippen LogP contribution in [0.25, 0.3) is 27.9 Å².